The molecule has 0 spiro atoms. The second-order valence-electron chi connectivity index (χ2n) is 8.92. The Morgan fingerprint density at radius 1 is 1.03 bits per heavy atom. The highest BCUT2D eigenvalue weighted by Gasteiger charge is 2.26. The van der Waals surface area contributed by atoms with Crippen molar-refractivity contribution in [1.82, 2.24) is 30.0 Å². The van der Waals surface area contributed by atoms with Gasteiger partial charge in [-0.3, -0.25) is 9.80 Å². The summed E-state index contributed by atoms with van der Waals surface area (Å²) >= 11 is 0. The molecule has 2 fully saturated rings. The van der Waals surface area contributed by atoms with Gasteiger partial charge in [0.25, 0.3) is 0 Å². The molecule has 7 heteroatoms. The SMILES string of the molecule is Cc1cc(CN2CCC(C)CC2)c(C)c(CN2CCOC(c3nnnn3C)C2)c1. The highest BCUT2D eigenvalue weighted by atomic mass is 16.5. The van der Waals surface area contributed by atoms with Crippen molar-refractivity contribution in [3.63, 3.8) is 0 Å². The van der Waals surface area contributed by atoms with Crippen LogP contribution in [0.4, 0.5) is 0 Å². The van der Waals surface area contributed by atoms with E-state index < -0.39 is 0 Å². The molecule has 29 heavy (non-hydrogen) atoms. The second kappa shape index (κ2) is 8.90. The van der Waals surface area contributed by atoms with Crippen LogP contribution in [-0.4, -0.2) is 62.8 Å². The van der Waals surface area contributed by atoms with Crippen molar-refractivity contribution >= 4 is 0 Å². The molecule has 0 N–H and O–H groups in total. The third-order valence-corrected chi connectivity index (χ3v) is 6.52. The molecule has 158 valence electrons. The van der Waals surface area contributed by atoms with Gasteiger partial charge in [0.1, 0.15) is 6.10 Å². The lowest BCUT2D eigenvalue weighted by molar-refractivity contribution is -0.0389. The topological polar surface area (TPSA) is 59.3 Å². The fourth-order valence-corrected chi connectivity index (χ4v) is 4.56. The van der Waals surface area contributed by atoms with Crippen LogP contribution in [0.25, 0.3) is 0 Å². The van der Waals surface area contributed by atoms with Gasteiger partial charge in [-0.05, 0) is 72.8 Å². The minimum Gasteiger partial charge on any atom is -0.367 e. The van der Waals surface area contributed by atoms with Crippen LogP contribution in [0.5, 0.6) is 0 Å². The highest BCUT2D eigenvalue weighted by molar-refractivity contribution is 5.38. The van der Waals surface area contributed by atoms with Crippen LogP contribution < -0.4 is 0 Å². The van der Waals surface area contributed by atoms with Crippen molar-refractivity contribution in [2.24, 2.45) is 13.0 Å². The Morgan fingerprint density at radius 3 is 2.38 bits per heavy atom. The van der Waals surface area contributed by atoms with E-state index in [0.29, 0.717) is 6.61 Å². The van der Waals surface area contributed by atoms with Crippen molar-refractivity contribution in [3.8, 4) is 0 Å². The number of likely N-dealkylation sites (tertiary alicyclic amines) is 1. The van der Waals surface area contributed by atoms with Gasteiger partial charge < -0.3 is 4.74 Å². The number of rotatable bonds is 5. The molecule has 7 nitrogen and oxygen atoms in total. The monoisotopic (exact) mass is 398 g/mol. The quantitative estimate of drug-likeness (QED) is 0.772. The molecule has 0 amide bonds. The molecule has 1 aromatic carbocycles. The summed E-state index contributed by atoms with van der Waals surface area (Å²) in [5, 5.41) is 11.9. The Bertz CT molecular complexity index is 827. The van der Waals surface area contributed by atoms with Crippen molar-refractivity contribution < 1.29 is 4.74 Å². The number of benzene rings is 1. The van der Waals surface area contributed by atoms with E-state index in [1.54, 1.807) is 4.68 Å². The summed E-state index contributed by atoms with van der Waals surface area (Å²) in [5.74, 6) is 1.68. The molecule has 0 bridgehead atoms. The molecule has 2 saturated heterocycles. The molecule has 0 aliphatic carbocycles. The van der Waals surface area contributed by atoms with Gasteiger partial charge in [0.05, 0.1) is 6.61 Å². The summed E-state index contributed by atoms with van der Waals surface area (Å²) in [7, 11) is 1.87. The number of ether oxygens (including phenoxy) is 1. The van der Waals surface area contributed by atoms with Gasteiger partial charge in [-0.15, -0.1) is 5.10 Å². The summed E-state index contributed by atoms with van der Waals surface area (Å²) in [4.78, 5) is 5.09. The first-order valence-corrected chi connectivity index (χ1v) is 10.9. The first-order chi connectivity index (χ1) is 14.0. The zero-order chi connectivity index (χ0) is 20.4. The summed E-state index contributed by atoms with van der Waals surface area (Å²) in [5.41, 5.74) is 5.71. The molecule has 2 aromatic rings. The molecule has 4 rings (SSSR count). The number of morpholine rings is 1. The smallest absolute Gasteiger partial charge is 0.181 e. The maximum atomic E-state index is 5.95. The Hall–Kier alpha value is -1.83. The molecule has 3 heterocycles. The molecule has 1 aromatic heterocycles. The van der Waals surface area contributed by atoms with Crippen LogP contribution in [0.3, 0.4) is 0 Å². The molecule has 1 atom stereocenters. The van der Waals surface area contributed by atoms with Gasteiger partial charge in [-0.1, -0.05) is 24.6 Å². The van der Waals surface area contributed by atoms with E-state index in [-0.39, 0.29) is 6.10 Å². The number of hydrogen-bond donors (Lipinski definition) is 0. The van der Waals surface area contributed by atoms with E-state index in [2.05, 4.69) is 58.2 Å². The van der Waals surface area contributed by atoms with Gasteiger partial charge in [0.15, 0.2) is 5.82 Å². The predicted molar refractivity (Wildman–Crippen MR) is 112 cm³/mol. The molecule has 1 unspecified atom stereocenters. The third kappa shape index (κ3) is 4.85. The van der Waals surface area contributed by atoms with Gasteiger partial charge >= 0.3 is 0 Å². The maximum Gasteiger partial charge on any atom is 0.181 e. The minimum atomic E-state index is -0.0660. The first kappa shape index (κ1) is 20.4. The van der Waals surface area contributed by atoms with E-state index in [4.69, 9.17) is 4.74 Å². The highest BCUT2D eigenvalue weighted by Crippen LogP contribution is 2.25. The summed E-state index contributed by atoms with van der Waals surface area (Å²) < 4.78 is 7.66. The molecule has 0 radical (unpaired) electrons. The van der Waals surface area contributed by atoms with Crippen molar-refractivity contribution in [2.75, 3.05) is 32.8 Å². The van der Waals surface area contributed by atoms with Gasteiger partial charge in [-0.2, -0.15) is 0 Å². The number of tetrazole rings is 1. The first-order valence-electron chi connectivity index (χ1n) is 10.9. The molecule has 2 aliphatic rings. The fraction of sp³-hybridized carbons (Fsp3) is 0.682. The van der Waals surface area contributed by atoms with Crippen molar-refractivity contribution in [3.05, 3.63) is 40.2 Å². The molecular weight excluding hydrogens is 364 g/mol. The average molecular weight is 399 g/mol. The number of nitrogens with zero attached hydrogens (tertiary/aromatic N) is 6. The second-order valence-corrected chi connectivity index (χ2v) is 8.92. The van der Waals surface area contributed by atoms with Gasteiger partial charge in [-0.25, -0.2) is 4.68 Å². The van der Waals surface area contributed by atoms with Crippen LogP contribution in [0.1, 0.15) is 53.9 Å². The standard InChI is InChI=1S/C22H34N6O/c1-16-5-7-27(8-6-16)13-19-11-17(2)12-20(18(19)3)14-28-9-10-29-21(15-28)22-23-24-25-26(22)4/h11-12,16,21H,5-10,13-15H2,1-4H3. The van der Waals surface area contributed by atoms with Gasteiger partial charge in [0, 0.05) is 33.2 Å². The van der Waals surface area contributed by atoms with E-state index in [1.807, 2.05) is 7.05 Å². The molecule has 2 aliphatic heterocycles. The third-order valence-electron chi connectivity index (χ3n) is 6.52. The van der Waals surface area contributed by atoms with Crippen LogP contribution in [0.15, 0.2) is 12.1 Å². The zero-order valence-corrected chi connectivity index (χ0v) is 18.3. The van der Waals surface area contributed by atoms with Crippen molar-refractivity contribution in [2.45, 2.75) is 52.8 Å². The fourth-order valence-electron chi connectivity index (χ4n) is 4.56. The Morgan fingerprint density at radius 2 is 1.72 bits per heavy atom. The molecule has 0 saturated carbocycles. The predicted octanol–water partition coefficient (Wildman–Crippen LogP) is 2.63. The number of hydrogen-bond acceptors (Lipinski definition) is 6. The number of piperidine rings is 1. The lowest BCUT2D eigenvalue weighted by atomic mass is 9.95. The summed E-state index contributed by atoms with van der Waals surface area (Å²) in [6.45, 7) is 13.8. The van der Waals surface area contributed by atoms with E-state index in [1.165, 1.54) is 48.2 Å². The van der Waals surface area contributed by atoms with Crippen molar-refractivity contribution in [1.29, 1.82) is 0 Å². The van der Waals surface area contributed by atoms with Crippen LogP contribution in [0.2, 0.25) is 0 Å². The lowest BCUT2D eigenvalue weighted by Gasteiger charge is -2.33. The van der Waals surface area contributed by atoms with E-state index in [0.717, 1.165) is 37.9 Å². The largest absolute Gasteiger partial charge is 0.367 e. The lowest BCUT2D eigenvalue weighted by Crippen LogP contribution is -2.39. The summed E-state index contributed by atoms with van der Waals surface area (Å²) in [6, 6.07) is 4.73. The van der Waals surface area contributed by atoms with Gasteiger partial charge in [0.2, 0.25) is 0 Å². The number of aryl methyl sites for hydroxylation is 2. The average Bonchev–Trinajstić information content (AvgIpc) is 3.13. The molecular formula is C22H34N6O. The zero-order valence-electron chi connectivity index (χ0n) is 18.3. The van der Waals surface area contributed by atoms with Crippen LogP contribution in [-0.2, 0) is 24.9 Å². The summed E-state index contributed by atoms with van der Waals surface area (Å²) in [6.07, 6.45) is 2.58. The van der Waals surface area contributed by atoms with E-state index in [9.17, 15) is 0 Å². The Labute approximate surface area is 174 Å². The number of aromatic nitrogens is 4. The minimum absolute atomic E-state index is 0.0660. The van der Waals surface area contributed by atoms with Crippen LogP contribution >= 0.6 is 0 Å². The maximum absolute atomic E-state index is 5.95. The Kier molecular flexibility index (Phi) is 6.27. The Balaban J connectivity index is 1.45. The van der Waals surface area contributed by atoms with E-state index >= 15 is 0 Å². The normalized spacial score (nSPS) is 22.3. The van der Waals surface area contributed by atoms with Crippen LogP contribution in [0, 0.1) is 19.8 Å².